The molecule has 0 unspecified atom stereocenters. The van der Waals surface area contributed by atoms with Gasteiger partial charge in [0.15, 0.2) is 0 Å². The molecule has 0 aromatic heterocycles. The predicted octanol–water partition coefficient (Wildman–Crippen LogP) is 1.08. The summed E-state index contributed by atoms with van der Waals surface area (Å²) in [7, 11) is 1.71. The van der Waals surface area contributed by atoms with E-state index in [9.17, 15) is 4.79 Å². The molecule has 19 heavy (non-hydrogen) atoms. The first-order chi connectivity index (χ1) is 9.33. The standard InChI is InChI=1S/C14H28N2O3/c1-18-11-4-2-3-8-16-14(17)7-12-19-13-5-9-15-10-6-13/h13,15H,2-12H2,1H3,(H,16,17). The van der Waals surface area contributed by atoms with E-state index in [2.05, 4.69) is 10.6 Å². The number of amides is 1. The van der Waals surface area contributed by atoms with Gasteiger partial charge in [-0.25, -0.2) is 0 Å². The number of rotatable bonds is 10. The second-order valence-electron chi connectivity index (χ2n) is 4.97. The molecule has 112 valence electrons. The van der Waals surface area contributed by atoms with E-state index in [1.807, 2.05) is 0 Å². The van der Waals surface area contributed by atoms with Gasteiger partial charge in [-0.2, -0.15) is 0 Å². The maximum atomic E-state index is 11.5. The fraction of sp³-hybridized carbons (Fsp3) is 0.929. The smallest absolute Gasteiger partial charge is 0.222 e. The van der Waals surface area contributed by atoms with E-state index < -0.39 is 0 Å². The molecular weight excluding hydrogens is 244 g/mol. The Morgan fingerprint density at radius 1 is 1.21 bits per heavy atom. The van der Waals surface area contributed by atoms with Gasteiger partial charge in [-0.15, -0.1) is 0 Å². The third kappa shape index (κ3) is 8.97. The molecule has 0 aromatic rings. The number of carbonyl (C=O) groups is 1. The summed E-state index contributed by atoms with van der Waals surface area (Å²) in [5, 5.41) is 6.22. The normalized spacial score (nSPS) is 16.5. The average molecular weight is 272 g/mol. The summed E-state index contributed by atoms with van der Waals surface area (Å²) in [5.41, 5.74) is 0. The van der Waals surface area contributed by atoms with Crippen molar-refractivity contribution in [1.82, 2.24) is 10.6 Å². The zero-order valence-electron chi connectivity index (χ0n) is 12.1. The van der Waals surface area contributed by atoms with Gasteiger partial charge in [-0.3, -0.25) is 4.79 Å². The van der Waals surface area contributed by atoms with Crippen LogP contribution in [0, 0.1) is 0 Å². The highest BCUT2D eigenvalue weighted by molar-refractivity contribution is 5.75. The molecular formula is C14H28N2O3. The van der Waals surface area contributed by atoms with Gasteiger partial charge >= 0.3 is 0 Å². The number of unbranched alkanes of at least 4 members (excludes halogenated alkanes) is 2. The highest BCUT2D eigenvalue weighted by Crippen LogP contribution is 2.07. The van der Waals surface area contributed by atoms with Gasteiger partial charge in [-0.05, 0) is 45.2 Å². The van der Waals surface area contributed by atoms with Crippen molar-refractivity contribution in [3.8, 4) is 0 Å². The van der Waals surface area contributed by atoms with Crippen molar-refractivity contribution in [2.45, 2.75) is 44.6 Å². The molecule has 0 spiro atoms. The molecule has 2 N–H and O–H groups in total. The predicted molar refractivity (Wildman–Crippen MR) is 75.2 cm³/mol. The molecule has 5 heteroatoms. The Kier molecular flexibility index (Phi) is 9.67. The lowest BCUT2D eigenvalue weighted by Gasteiger charge is -2.22. The molecule has 0 atom stereocenters. The summed E-state index contributed by atoms with van der Waals surface area (Å²) in [5.74, 6) is 0.0978. The lowest BCUT2D eigenvalue weighted by atomic mass is 10.1. The summed E-state index contributed by atoms with van der Waals surface area (Å²) < 4.78 is 10.7. The van der Waals surface area contributed by atoms with Crippen molar-refractivity contribution < 1.29 is 14.3 Å². The first kappa shape index (κ1) is 16.4. The Hall–Kier alpha value is -0.650. The number of hydrogen-bond acceptors (Lipinski definition) is 4. The van der Waals surface area contributed by atoms with E-state index in [1.165, 1.54) is 0 Å². The number of nitrogens with one attached hydrogen (secondary N) is 2. The summed E-state index contributed by atoms with van der Waals surface area (Å²) in [6, 6.07) is 0. The van der Waals surface area contributed by atoms with Crippen LogP contribution in [0.25, 0.3) is 0 Å². The van der Waals surface area contributed by atoms with Crippen molar-refractivity contribution in [1.29, 1.82) is 0 Å². The first-order valence-electron chi connectivity index (χ1n) is 7.41. The molecule has 0 saturated carbocycles. The third-order valence-corrected chi connectivity index (χ3v) is 3.32. The van der Waals surface area contributed by atoms with Crippen LogP contribution in [0.5, 0.6) is 0 Å². The van der Waals surface area contributed by atoms with Crippen LogP contribution in [-0.4, -0.2) is 52.0 Å². The molecule has 1 amide bonds. The van der Waals surface area contributed by atoms with Gasteiger partial charge in [0.1, 0.15) is 0 Å². The Balaban J connectivity index is 1.87. The van der Waals surface area contributed by atoms with E-state index >= 15 is 0 Å². The SMILES string of the molecule is COCCCCCNC(=O)CCOC1CCNCC1. The van der Waals surface area contributed by atoms with Crippen LogP contribution in [0.2, 0.25) is 0 Å². The third-order valence-electron chi connectivity index (χ3n) is 3.32. The Bertz CT molecular complexity index is 231. The summed E-state index contributed by atoms with van der Waals surface area (Å²) in [6.07, 6.45) is 6.10. The van der Waals surface area contributed by atoms with E-state index in [1.54, 1.807) is 7.11 Å². The molecule has 5 nitrogen and oxygen atoms in total. The van der Waals surface area contributed by atoms with E-state index in [0.717, 1.165) is 58.3 Å². The topological polar surface area (TPSA) is 59.6 Å². The van der Waals surface area contributed by atoms with Crippen molar-refractivity contribution in [3.63, 3.8) is 0 Å². The van der Waals surface area contributed by atoms with Gasteiger partial charge in [0.25, 0.3) is 0 Å². The monoisotopic (exact) mass is 272 g/mol. The maximum Gasteiger partial charge on any atom is 0.222 e. The highest BCUT2D eigenvalue weighted by atomic mass is 16.5. The Labute approximate surface area is 116 Å². The number of hydrogen-bond donors (Lipinski definition) is 2. The second kappa shape index (κ2) is 11.2. The molecule has 0 aliphatic carbocycles. The van der Waals surface area contributed by atoms with E-state index in [-0.39, 0.29) is 5.91 Å². The minimum atomic E-state index is 0.0978. The molecule has 1 rings (SSSR count). The highest BCUT2D eigenvalue weighted by Gasteiger charge is 2.13. The van der Waals surface area contributed by atoms with Gasteiger partial charge < -0.3 is 20.1 Å². The quantitative estimate of drug-likeness (QED) is 0.584. The van der Waals surface area contributed by atoms with Crippen molar-refractivity contribution >= 4 is 5.91 Å². The minimum absolute atomic E-state index is 0.0978. The van der Waals surface area contributed by atoms with Crippen molar-refractivity contribution in [3.05, 3.63) is 0 Å². The van der Waals surface area contributed by atoms with Crippen LogP contribution >= 0.6 is 0 Å². The Morgan fingerprint density at radius 3 is 2.74 bits per heavy atom. The number of methoxy groups -OCH3 is 1. The van der Waals surface area contributed by atoms with Crippen molar-refractivity contribution in [2.24, 2.45) is 0 Å². The molecule has 0 radical (unpaired) electrons. The molecule has 0 bridgehead atoms. The average Bonchev–Trinajstić information content (AvgIpc) is 2.44. The van der Waals surface area contributed by atoms with E-state index in [0.29, 0.717) is 19.1 Å². The lowest BCUT2D eigenvalue weighted by Crippen LogP contribution is -2.33. The number of piperidine rings is 1. The van der Waals surface area contributed by atoms with Gasteiger partial charge in [0.05, 0.1) is 12.7 Å². The molecule has 1 heterocycles. The summed E-state index contributed by atoms with van der Waals surface area (Å²) in [6.45, 7) is 4.16. The molecule has 1 saturated heterocycles. The van der Waals surface area contributed by atoms with Crippen LogP contribution in [0.3, 0.4) is 0 Å². The molecule has 0 aromatic carbocycles. The summed E-state index contributed by atoms with van der Waals surface area (Å²) in [4.78, 5) is 11.5. The fourth-order valence-corrected chi connectivity index (χ4v) is 2.14. The lowest BCUT2D eigenvalue weighted by molar-refractivity contribution is -0.122. The largest absolute Gasteiger partial charge is 0.385 e. The number of carbonyl (C=O) groups excluding carboxylic acids is 1. The Morgan fingerprint density at radius 2 is 2.00 bits per heavy atom. The van der Waals surface area contributed by atoms with E-state index in [4.69, 9.17) is 9.47 Å². The van der Waals surface area contributed by atoms with Crippen LogP contribution in [0.1, 0.15) is 38.5 Å². The van der Waals surface area contributed by atoms with Crippen LogP contribution in [-0.2, 0) is 14.3 Å². The fourth-order valence-electron chi connectivity index (χ4n) is 2.14. The van der Waals surface area contributed by atoms with Crippen LogP contribution < -0.4 is 10.6 Å². The van der Waals surface area contributed by atoms with Gasteiger partial charge in [0, 0.05) is 26.7 Å². The van der Waals surface area contributed by atoms with Crippen molar-refractivity contribution in [2.75, 3.05) is 40.0 Å². The van der Waals surface area contributed by atoms with Crippen LogP contribution in [0.15, 0.2) is 0 Å². The zero-order chi connectivity index (χ0) is 13.8. The molecule has 1 aliphatic rings. The zero-order valence-corrected chi connectivity index (χ0v) is 12.1. The van der Waals surface area contributed by atoms with Gasteiger partial charge in [0.2, 0.25) is 5.91 Å². The first-order valence-corrected chi connectivity index (χ1v) is 7.41. The number of ether oxygens (including phenoxy) is 2. The van der Waals surface area contributed by atoms with Crippen LogP contribution in [0.4, 0.5) is 0 Å². The second-order valence-corrected chi connectivity index (χ2v) is 4.97. The molecule has 1 fully saturated rings. The molecule has 1 aliphatic heterocycles. The summed E-state index contributed by atoms with van der Waals surface area (Å²) >= 11 is 0. The minimum Gasteiger partial charge on any atom is -0.385 e. The maximum absolute atomic E-state index is 11.5. The van der Waals surface area contributed by atoms with Gasteiger partial charge in [-0.1, -0.05) is 0 Å².